The van der Waals surface area contributed by atoms with Gasteiger partial charge in [-0.25, -0.2) is 4.39 Å². The van der Waals surface area contributed by atoms with Gasteiger partial charge in [-0.1, -0.05) is 25.1 Å². The smallest absolute Gasteiger partial charge is 0.258 e. The summed E-state index contributed by atoms with van der Waals surface area (Å²) in [6, 6.07) is 9.37. The van der Waals surface area contributed by atoms with Gasteiger partial charge in [-0.3, -0.25) is 14.5 Å². The van der Waals surface area contributed by atoms with E-state index in [4.69, 9.17) is 0 Å². The number of aromatic nitrogens is 1. The lowest BCUT2D eigenvalue weighted by molar-refractivity contribution is -0.127. The van der Waals surface area contributed by atoms with E-state index in [0.717, 1.165) is 18.7 Å². The zero-order valence-corrected chi connectivity index (χ0v) is 17.3. The molecule has 30 heavy (non-hydrogen) atoms. The van der Waals surface area contributed by atoms with Gasteiger partial charge in [0.25, 0.3) is 5.56 Å². The molecule has 0 aliphatic carbocycles. The van der Waals surface area contributed by atoms with Crippen LogP contribution in [0.4, 0.5) is 4.39 Å². The fourth-order valence-corrected chi connectivity index (χ4v) is 5.27. The molecule has 0 spiro atoms. The maximum absolute atomic E-state index is 14.3. The normalized spacial score (nSPS) is 25.2. The molecule has 0 unspecified atom stereocenters. The highest BCUT2D eigenvalue weighted by Gasteiger charge is 2.55. The number of hydrogen-bond donors (Lipinski definition) is 2. The van der Waals surface area contributed by atoms with E-state index in [1.165, 1.54) is 6.07 Å². The van der Waals surface area contributed by atoms with Gasteiger partial charge in [0, 0.05) is 42.9 Å². The van der Waals surface area contributed by atoms with E-state index >= 15 is 0 Å². The highest BCUT2D eigenvalue weighted by Crippen LogP contribution is 2.48. The topological polar surface area (TPSA) is 74.6 Å². The van der Waals surface area contributed by atoms with Crippen LogP contribution in [0.2, 0.25) is 0 Å². The minimum absolute atomic E-state index is 0.0933. The molecule has 2 N–H and O–H groups in total. The molecule has 4 rings (SSSR count). The van der Waals surface area contributed by atoms with Crippen LogP contribution in [0.25, 0.3) is 11.1 Å². The van der Waals surface area contributed by atoms with Gasteiger partial charge in [0.15, 0.2) is 0 Å². The number of benzene rings is 1. The summed E-state index contributed by atoms with van der Waals surface area (Å²) < 4.78 is 16.0. The number of aliphatic hydroxyl groups excluding tert-OH is 1. The van der Waals surface area contributed by atoms with Gasteiger partial charge in [-0.15, -0.1) is 0 Å². The number of amides is 1. The summed E-state index contributed by atoms with van der Waals surface area (Å²) in [7, 11) is 0. The third kappa shape index (κ3) is 3.17. The molecule has 1 aromatic carbocycles. The Hall–Kier alpha value is -2.51. The predicted octanol–water partition coefficient (Wildman–Crippen LogP) is 2.16. The van der Waals surface area contributed by atoms with Gasteiger partial charge >= 0.3 is 0 Å². The number of fused-ring (bicyclic) bond motifs is 4. The molecule has 7 heteroatoms. The second-order valence-electron chi connectivity index (χ2n) is 8.08. The average molecular weight is 413 g/mol. The summed E-state index contributed by atoms with van der Waals surface area (Å²) in [5.41, 5.74) is 1.10. The molecule has 2 aliphatic rings. The van der Waals surface area contributed by atoms with Gasteiger partial charge in [0.1, 0.15) is 5.82 Å². The van der Waals surface area contributed by atoms with Crippen molar-refractivity contribution in [1.29, 1.82) is 0 Å². The molecule has 1 amide bonds. The van der Waals surface area contributed by atoms with Crippen LogP contribution in [-0.4, -0.2) is 46.2 Å². The predicted molar refractivity (Wildman–Crippen MR) is 112 cm³/mol. The second-order valence-corrected chi connectivity index (χ2v) is 8.08. The third-order valence-electron chi connectivity index (χ3n) is 6.47. The molecule has 4 atom stereocenters. The van der Waals surface area contributed by atoms with Crippen molar-refractivity contribution in [3.63, 3.8) is 0 Å². The molecule has 6 nitrogen and oxygen atoms in total. The zero-order chi connectivity index (χ0) is 21.4. The molecule has 3 heterocycles. The fourth-order valence-electron chi connectivity index (χ4n) is 5.27. The second kappa shape index (κ2) is 8.32. The standard InChI is InChI=1S/C23H28FN3O3/c1-3-11-26-19-12-27-18(21(26)20(16(19)13-28)22(29)25-4-2)10-9-15(23(27)30)14-7-5-6-8-17(14)24/h5-10,16,19-21,28H,3-4,11-13H2,1-2H3,(H,25,29)/t16-,19-,20+,21+/m0/s1. The molecular formula is C23H28FN3O3. The number of nitrogens with zero attached hydrogens (tertiary/aromatic N) is 2. The number of halogens is 1. The van der Waals surface area contributed by atoms with Crippen LogP contribution < -0.4 is 10.9 Å². The van der Waals surface area contributed by atoms with Crippen molar-refractivity contribution >= 4 is 5.91 Å². The monoisotopic (exact) mass is 413 g/mol. The molecule has 0 saturated carbocycles. The van der Waals surface area contributed by atoms with Gasteiger partial charge in [-0.2, -0.15) is 0 Å². The molecule has 1 saturated heterocycles. The lowest BCUT2D eigenvalue weighted by Crippen LogP contribution is -2.47. The fraction of sp³-hybridized carbons (Fsp3) is 0.478. The van der Waals surface area contributed by atoms with Gasteiger partial charge < -0.3 is 15.0 Å². The summed E-state index contributed by atoms with van der Waals surface area (Å²) >= 11 is 0. The maximum atomic E-state index is 14.3. The van der Waals surface area contributed by atoms with E-state index in [9.17, 15) is 19.1 Å². The Bertz CT molecular complexity index is 1010. The van der Waals surface area contributed by atoms with Gasteiger partial charge in [0.2, 0.25) is 5.91 Å². The van der Waals surface area contributed by atoms with Crippen LogP contribution >= 0.6 is 0 Å². The molecule has 160 valence electrons. The molecule has 0 radical (unpaired) electrons. The van der Waals surface area contributed by atoms with Crippen molar-refractivity contribution in [3.05, 3.63) is 58.3 Å². The van der Waals surface area contributed by atoms with Crippen molar-refractivity contribution in [2.75, 3.05) is 19.7 Å². The maximum Gasteiger partial charge on any atom is 0.258 e. The number of carbonyl (C=O) groups is 1. The highest BCUT2D eigenvalue weighted by atomic mass is 19.1. The van der Waals surface area contributed by atoms with Crippen molar-refractivity contribution in [2.45, 2.75) is 38.9 Å². The Kier molecular flexibility index (Phi) is 5.75. The first kappa shape index (κ1) is 20.8. The number of hydrogen-bond acceptors (Lipinski definition) is 4. The summed E-state index contributed by atoms with van der Waals surface area (Å²) in [6.07, 6.45) is 0.908. The van der Waals surface area contributed by atoms with Crippen molar-refractivity contribution < 1.29 is 14.3 Å². The molecule has 2 aromatic rings. The Labute approximate surface area is 175 Å². The molecule has 1 fully saturated rings. The van der Waals surface area contributed by atoms with Crippen molar-refractivity contribution in [2.24, 2.45) is 11.8 Å². The molecular weight excluding hydrogens is 385 g/mol. The van der Waals surface area contributed by atoms with Crippen molar-refractivity contribution in [3.8, 4) is 11.1 Å². The number of carbonyl (C=O) groups excluding carboxylic acids is 1. The SMILES string of the molecule is CCCN1[C@@H]2c3ccc(-c4ccccc4F)c(=O)n3C[C@H]1[C@H](CO)[C@H]2C(=O)NCC. The van der Waals surface area contributed by atoms with E-state index in [-0.39, 0.29) is 41.6 Å². The van der Waals surface area contributed by atoms with Gasteiger partial charge in [0.05, 0.1) is 17.5 Å². The number of rotatable bonds is 6. The van der Waals surface area contributed by atoms with E-state index in [1.54, 1.807) is 28.8 Å². The first-order chi connectivity index (χ1) is 14.5. The van der Waals surface area contributed by atoms with Gasteiger partial charge in [-0.05, 0) is 38.1 Å². The third-order valence-corrected chi connectivity index (χ3v) is 6.47. The average Bonchev–Trinajstić information content (AvgIpc) is 2.94. The summed E-state index contributed by atoms with van der Waals surface area (Å²) in [5.74, 6) is -1.22. The Morgan fingerprint density at radius 2 is 1.97 bits per heavy atom. The highest BCUT2D eigenvalue weighted by molar-refractivity contribution is 5.80. The molecule has 2 aliphatic heterocycles. The summed E-state index contributed by atoms with van der Waals surface area (Å²) in [4.78, 5) is 28.6. The van der Waals surface area contributed by atoms with E-state index in [1.807, 2.05) is 13.0 Å². The summed E-state index contributed by atoms with van der Waals surface area (Å²) in [5, 5.41) is 13.1. The number of nitrogens with one attached hydrogen (secondary N) is 1. The quantitative estimate of drug-likeness (QED) is 0.761. The zero-order valence-electron chi connectivity index (χ0n) is 17.3. The Balaban J connectivity index is 1.86. The first-order valence-electron chi connectivity index (χ1n) is 10.7. The minimum Gasteiger partial charge on any atom is -0.396 e. The largest absolute Gasteiger partial charge is 0.396 e. The number of aliphatic hydroxyl groups is 1. The van der Waals surface area contributed by atoms with Crippen LogP contribution in [0.3, 0.4) is 0 Å². The Morgan fingerprint density at radius 3 is 2.63 bits per heavy atom. The van der Waals surface area contributed by atoms with Crippen LogP contribution in [0.15, 0.2) is 41.2 Å². The molecule has 1 aromatic heterocycles. The van der Waals surface area contributed by atoms with E-state index < -0.39 is 11.7 Å². The number of pyridine rings is 1. The van der Waals surface area contributed by atoms with Crippen LogP contribution in [0, 0.1) is 17.7 Å². The van der Waals surface area contributed by atoms with Crippen LogP contribution in [0.5, 0.6) is 0 Å². The van der Waals surface area contributed by atoms with Crippen LogP contribution in [-0.2, 0) is 11.3 Å². The van der Waals surface area contributed by atoms with E-state index in [2.05, 4.69) is 17.1 Å². The summed E-state index contributed by atoms with van der Waals surface area (Å²) in [6.45, 7) is 5.51. The minimum atomic E-state index is -0.435. The van der Waals surface area contributed by atoms with E-state index in [0.29, 0.717) is 18.7 Å². The van der Waals surface area contributed by atoms with Crippen molar-refractivity contribution in [1.82, 2.24) is 14.8 Å². The Morgan fingerprint density at radius 1 is 1.20 bits per heavy atom. The lowest BCUT2D eigenvalue weighted by Gasteiger charge is -2.38. The van der Waals surface area contributed by atoms with Crippen LogP contribution in [0.1, 0.15) is 32.0 Å². The lowest BCUT2D eigenvalue weighted by atomic mass is 9.86. The first-order valence-corrected chi connectivity index (χ1v) is 10.7. The molecule has 2 bridgehead atoms.